The highest BCUT2D eigenvalue weighted by molar-refractivity contribution is 7.27. The summed E-state index contributed by atoms with van der Waals surface area (Å²) in [4.78, 5) is 4.33. The minimum atomic E-state index is 1.12. The predicted octanol–water partition coefficient (Wildman–Crippen LogP) is 9.64. The van der Waals surface area contributed by atoms with Gasteiger partial charge in [0.1, 0.15) is 0 Å². The van der Waals surface area contributed by atoms with Crippen LogP contribution >= 0.6 is 11.3 Å². The summed E-state index contributed by atoms with van der Waals surface area (Å²) in [6.07, 6.45) is 3.77. The first-order valence-electron chi connectivity index (χ1n) is 13.2. The number of nitrogens with zero attached hydrogens (tertiary/aromatic N) is 3. The maximum atomic E-state index is 4.33. The molecular formula is C35H21N3S. The molecule has 0 amide bonds. The average Bonchev–Trinajstić information content (AvgIpc) is 3.66. The van der Waals surface area contributed by atoms with Gasteiger partial charge in [0.15, 0.2) is 0 Å². The van der Waals surface area contributed by atoms with Gasteiger partial charge in [0.2, 0.25) is 0 Å². The molecule has 182 valence electrons. The normalized spacial score (nSPS) is 12.1. The molecule has 3 nitrogen and oxygen atoms in total. The van der Waals surface area contributed by atoms with E-state index in [9.17, 15) is 0 Å². The monoisotopic (exact) mass is 515 g/mol. The summed E-state index contributed by atoms with van der Waals surface area (Å²) < 4.78 is 7.55. The molecule has 0 aliphatic carbocycles. The molecule has 5 aromatic carbocycles. The van der Waals surface area contributed by atoms with Crippen molar-refractivity contribution in [3.8, 4) is 11.4 Å². The van der Waals surface area contributed by atoms with Gasteiger partial charge < -0.3 is 9.13 Å². The second kappa shape index (κ2) is 7.79. The molecule has 0 unspecified atom stereocenters. The molecule has 0 aliphatic rings. The Balaban J connectivity index is 1.70. The first-order chi connectivity index (χ1) is 19.4. The van der Waals surface area contributed by atoms with Gasteiger partial charge in [-0.2, -0.15) is 0 Å². The van der Waals surface area contributed by atoms with Crippen molar-refractivity contribution in [1.29, 1.82) is 0 Å². The molecule has 0 spiro atoms. The molecule has 0 bridgehead atoms. The van der Waals surface area contributed by atoms with Gasteiger partial charge in [-0.15, -0.1) is 11.3 Å². The molecular weight excluding hydrogens is 494 g/mol. The van der Waals surface area contributed by atoms with E-state index < -0.39 is 0 Å². The van der Waals surface area contributed by atoms with E-state index >= 15 is 0 Å². The smallest absolute Gasteiger partial charge is 0.0741 e. The molecule has 0 fully saturated rings. The Labute approximate surface area is 227 Å². The van der Waals surface area contributed by atoms with Crippen molar-refractivity contribution in [2.24, 2.45) is 0 Å². The van der Waals surface area contributed by atoms with E-state index in [0.29, 0.717) is 0 Å². The van der Waals surface area contributed by atoms with Crippen molar-refractivity contribution in [2.75, 3.05) is 0 Å². The highest BCUT2D eigenvalue weighted by atomic mass is 32.1. The third-order valence-corrected chi connectivity index (χ3v) is 9.16. The summed E-state index contributed by atoms with van der Waals surface area (Å²) in [6.45, 7) is 0. The van der Waals surface area contributed by atoms with Gasteiger partial charge in [-0.25, -0.2) is 0 Å². The van der Waals surface area contributed by atoms with E-state index in [-0.39, 0.29) is 0 Å². The molecule has 0 N–H and O–H groups in total. The zero-order valence-electron chi connectivity index (χ0n) is 20.9. The van der Waals surface area contributed by atoms with E-state index in [1.807, 2.05) is 23.7 Å². The fraction of sp³-hybridized carbons (Fsp3) is 0. The van der Waals surface area contributed by atoms with E-state index in [2.05, 4.69) is 129 Å². The predicted molar refractivity (Wildman–Crippen MR) is 166 cm³/mol. The van der Waals surface area contributed by atoms with Crippen LogP contribution in [0.4, 0.5) is 0 Å². The van der Waals surface area contributed by atoms with Crippen LogP contribution in [0.15, 0.2) is 128 Å². The van der Waals surface area contributed by atoms with Gasteiger partial charge in [0, 0.05) is 60.8 Å². The fourth-order valence-electron chi connectivity index (χ4n) is 6.49. The summed E-state index contributed by atoms with van der Waals surface area (Å²) >= 11 is 1.90. The van der Waals surface area contributed by atoms with E-state index in [1.165, 1.54) is 69.5 Å². The standard InChI is InChI=1S/C35H21N3S/c1-2-10-22(11-3-1)37-27-15-7-4-12-24(27)30-31-26-14-6-9-17-29(26)39-35(31)34-32(33(30)37)25-13-5-8-16-28(25)38(34)23-18-20-36-21-19-23/h1-21H. The van der Waals surface area contributed by atoms with Gasteiger partial charge in [0.25, 0.3) is 0 Å². The molecule has 0 aliphatic heterocycles. The number of benzene rings is 5. The molecule has 4 heteroatoms. The third-order valence-electron chi connectivity index (χ3n) is 7.98. The van der Waals surface area contributed by atoms with Crippen molar-refractivity contribution in [3.05, 3.63) is 128 Å². The summed E-state index contributed by atoms with van der Waals surface area (Å²) in [5.74, 6) is 0. The number of pyridine rings is 1. The molecule has 0 saturated carbocycles. The second-order valence-corrected chi connectivity index (χ2v) is 11.0. The number of aromatic nitrogens is 3. The third kappa shape index (κ3) is 2.73. The minimum absolute atomic E-state index is 1.12. The van der Waals surface area contributed by atoms with E-state index in [4.69, 9.17) is 0 Å². The zero-order chi connectivity index (χ0) is 25.5. The number of rotatable bonds is 2. The molecule has 0 saturated heterocycles. The van der Waals surface area contributed by atoms with Crippen LogP contribution in [0.2, 0.25) is 0 Å². The van der Waals surface area contributed by atoms with Crippen LogP contribution in [0.1, 0.15) is 0 Å². The minimum Gasteiger partial charge on any atom is -0.309 e. The second-order valence-electron chi connectivity index (χ2n) is 10.00. The largest absolute Gasteiger partial charge is 0.309 e. The van der Waals surface area contributed by atoms with Gasteiger partial charge >= 0.3 is 0 Å². The van der Waals surface area contributed by atoms with Crippen LogP contribution < -0.4 is 0 Å². The molecule has 0 radical (unpaired) electrons. The zero-order valence-corrected chi connectivity index (χ0v) is 21.7. The molecule has 39 heavy (non-hydrogen) atoms. The Morgan fingerprint density at radius 2 is 1.03 bits per heavy atom. The fourth-order valence-corrected chi connectivity index (χ4v) is 7.74. The van der Waals surface area contributed by atoms with E-state index in [1.54, 1.807) is 0 Å². The Morgan fingerprint density at radius 1 is 0.462 bits per heavy atom. The number of para-hydroxylation sites is 3. The Morgan fingerprint density at radius 3 is 1.77 bits per heavy atom. The molecule has 9 rings (SSSR count). The lowest BCUT2D eigenvalue weighted by Crippen LogP contribution is -1.95. The van der Waals surface area contributed by atoms with Crippen molar-refractivity contribution >= 4 is 75.1 Å². The quantitative estimate of drug-likeness (QED) is 0.225. The Bertz CT molecular complexity index is 2370. The Hall–Kier alpha value is -4.93. The number of hydrogen-bond acceptors (Lipinski definition) is 2. The van der Waals surface area contributed by atoms with Crippen molar-refractivity contribution in [2.45, 2.75) is 0 Å². The lowest BCUT2D eigenvalue weighted by Gasteiger charge is -2.11. The molecule has 4 aromatic heterocycles. The van der Waals surface area contributed by atoms with Gasteiger partial charge in [-0.3, -0.25) is 4.98 Å². The van der Waals surface area contributed by atoms with Crippen molar-refractivity contribution in [1.82, 2.24) is 14.1 Å². The number of thiophene rings is 1. The number of hydrogen-bond donors (Lipinski definition) is 0. The molecule has 4 heterocycles. The molecule has 0 atom stereocenters. The highest BCUT2D eigenvalue weighted by Crippen LogP contribution is 2.50. The lowest BCUT2D eigenvalue weighted by molar-refractivity contribution is 1.16. The summed E-state index contributed by atoms with van der Waals surface area (Å²) in [7, 11) is 0. The van der Waals surface area contributed by atoms with Crippen molar-refractivity contribution in [3.63, 3.8) is 0 Å². The first-order valence-corrected chi connectivity index (χ1v) is 14.0. The van der Waals surface area contributed by atoms with Crippen LogP contribution in [0, 0.1) is 0 Å². The molecule has 9 aromatic rings. The summed E-state index contributed by atoms with van der Waals surface area (Å²) in [6, 6.07) is 41.6. The van der Waals surface area contributed by atoms with Crippen LogP contribution in [0.25, 0.3) is 75.2 Å². The SMILES string of the molecule is c1ccc(-n2c3ccccc3c3c4c5ccccc5sc4c4c(c5ccccc5n4-c4ccncc4)c32)cc1. The van der Waals surface area contributed by atoms with E-state index in [0.717, 1.165) is 5.69 Å². The highest BCUT2D eigenvalue weighted by Gasteiger charge is 2.26. The summed E-state index contributed by atoms with van der Waals surface area (Å²) in [5.41, 5.74) is 7.24. The average molecular weight is 516 g/mol. The van der Waals surface area contributed by atoms with Crippen LogP contribution in [-0.4, -0.2) is 14.1 Å². The van der Waals surface area contributed by atoms with Crippen LogP contribution in [0.3, 0.4) is 0 Å². The van der Waals surface area contributed by atoms with Gasteiger partial charge in [-0.1, -0.05) is 72.8 Å². The van der Waals surface area contributed by atoms with Crippen LogP contribution in [0.5, 0.6) is 0 Å². The van der Waals surface area contributed by atoms with Gasteiger partial charge in [-0.05, 0) is 42.5 Å². The lowest BCUT2D eigenvalue weighted by atomic mass is 10.0. The number of fused-ring (bicyclic) bond motifs is 12. The maximum absolute atomic E-state index is 4.33. The summed E-state index contributed by atoms with van der Waals surface area (Å²) in [5, 5.41) is 7.80. The Kier molecular flexibility index (Phi) is 4.21. The van der Waals surface area contributed by atoms with Gasteiger partial charge in [0.05, 0.1) is 26.8 Å². The first kappa shape index (κ1) is 21.1. The van der Waals surface area contributed by atoms with Crippen LogP contribution in [-0.2, 0) is 0 Å². The topological polar surface area (TPSA) is 22.8 Å². The maximum Gasteiger partial charge on any atom is 0.0741 e. The van der Waals surface area contributed by atoms with Crippen molar-refractivity contribution < 1.29 is 0 Å².